The molecular weight excluding hydrogens is 546 g/mol. The molecule has 1 fully saturated rings. The monoisotopic (exact) mass is 573 g/mol. The number of anilines is 2. The molecule has 0 spiro atoms. The SMILES string of the molecule is N=C/C(=C\Nc1ccc(CCNc2ccc3c(c2)C(=O)N(C2CCC(=O)NC2=O)C3=O)cc1)c1cnc2ccccc2n1. The highest BCUT2D eigenvalue weighted by atomic mass is 16.2. The molecule has 0 aliphatic carbocycles. The summed E-state index contributed by atoms with van der Waals surface area (Å²) in [5, 5.41) is 16.5. The van der Waals surface area contributed by atoms with Gasteiger partial charge < -0.3 is 16.0 Å². The Labute approximate surface area is 246 Å². The zero-order valence-corrected chi connectivity index (χ0v) is 23.0. The van der Waals surface area contributed by atoms with E-state index in [2.05, 4.69) is 25.9 Å². The number of para-hydroxylation sites is 2. The quantitative estimate of drug-likeness (QED) is 0.174. The first kappa shape index (κ1) is 27.5. The van der Waals surface area contributed by atoms with E-state index in [1.54, 1.807) is 30.6 Å². The van der Waals surface area contributed by atoms with Gasteiger partial charge in [0.2, 0.25) is 11.8 Å². The van der Waals surface area contributed by atoms with Crippen LogP contribution in [0.3, 0.4) is 0 Å². The maximum absolute atomic E-state index is 13.0. The Morgan fingerprint density at radius 3 is 2.47 bits per heavy atom. The first-order valence-corrected chi connectivity index (χ1v) is 13.8. The van der Waals surface area contributed by atoms with Crippen LogP contribution in [0.5, 0.6) is 0 Å². The minimum Gasteiger partial charge on any atom is -0.385 e. The van der Waals surface area contributed by atoms with Gasteiger partial charge in [-0.2, -0.15) is 0 Å². The molecule has 214 valence electrons. The van der Waals surface area contributed by atoms with Crippen LogP contribution in [0.25, 0.3) is 16.6 Å². The minimum absolute atomic E-state index is 0.0791. The van der Waals surface area contributed by atoms with Crippen molar-refractivity contribution in [2.75, 3.05) is 17.2 Å². The van der Waals surface area contributed by atoms with E-state index < -0.39 is 29.7 Å². The molecule has 1 atom stereocenters. The number of rotatable bonds is 9. The molecule has 11 nitrogen and oxygen atoms in total. The fraction of sp³-hybridized carbons (Fsp3) is 0.156. The Balaban J connectivity index is 1.05. The van der Waals surface area contributed by atoms with E-state index in [-0.39, 0.29) is 24.0 Å². The molecule has 6 rings (SSSR count). The molecule has 4 N–H and O–H groups in total. The summed E-state index contributed by atoms with van der Waals surface area (Å²) < 4.78 is 0. The summed E-state index contributed by atoms with van der Waals surface area (Å²) in [6.07, 6.45) is 5.52. The number of piperidine rings is 1. The molecule has 4 amide bonds. The highest BCUT2D eigenvalue weighted by Crippen LogP contribution is 2.29. The van der Waals surface area contributed by atoms with Crippen LogP contribution in [0.1, 0.15) is 44.8 Å². The largest absolute Gasteiger partial charge is 0.385 e. The van der Waals surface area contributed by atoms with Crippen LogP contribution in [0.2, 0.25) is 0 Å². The molecule has 3 heterocycles. The molecular formula is C32H27N7O4. The van der Waals surface area contributed by atoms with Crippen LogP contribution in [0.4, 0.5) is 11.4 Å². The highest BCUT2D eigenvalue weighted by Gasteiger charge is 2.44. The van der Waals surface area contributed by atoms with Crippen LogP contribution in [-0.4, -0.2) is 57.3 Å². The Hall–Kier alpha value is -5.71. The average Bonchev–Trinajstić information content (AvgIpc) is 3.26. The van der Waals surface area contributed by atoms with Crippen molar-refractivity contribution < 1.29 is 19.2 Å². The van der Waals surface area contributed by atoms with E-state index in [1.807, 2.05) is 48.5 Å². The highest BCUT2D eigenvalue weighted by molar-refractivity contribution is 6.23. The molecule has 0 saturated carbocycles. The fourth-order valence-corrected chi connectivity index (χ4v) is 5.15. The number of carbonyl (C=O) groups excluding carboxylic acids is 4. The molecule has 3 aromatic carbocycles. The van der Waals surface area contributed by atoms with E-state index in [9.17, 15) is 19.2 Å². The summed E-state index contributed by atoms with van der Waals surface area (Å²) in [5.41, 5.74) is 5.87. The van der Waals surface area contributed by atoms with E-state index >= 15 is 0 Å². The number of aromatic nitrogens is 2. The lowest BCUT2D eigenvalue weighted by atomic mass is 10.0. The maximum Gasteiger partial charge on any atom is 0.262 e. The third-order valence-electron chi connectivity index (χ3n) is 7.43. The first-order valence-electron chi connectivity index (χ1n) is 13.8. The lowest BCUT2D eigenvalue weighted by Gasteiger charge is -2.27. The van der Waals surface area contributed by atoms with Gasteiger partial charge in [-0.1, -0.05) is 24.3 Å². The van der Waals surface area contributed by atoms with Gasteiger partial charge in [-0.05, 0) is 60.9 Å². The second-order valence-corrected chi connectivity index (χ2v) is 10.2. The molecule has 2 aliphatic rings. The summed E-state index contributed by atoms with van der Waals surface area (Å²) in [6, 6.07) is 19.4. The van der Waals surface area contributed by atoms with Gasteiger partial charge in [0.15, 0.2) is 0 Å². The minimum atomic E-state index is -0.987. The van der Waals surface area contributed by atoms with Crippen LogP contribution < -0.4 is 16.0 Å². The van der Waals surface area contributed by atoms with Gasteiger partial charge >= 0.3 is 0 Å². The van der Waals surface area contributed by atoms with E-state index in [1.165, 1.54) is 6.21 Å². The van der Waals surface area contributed by atoms with Crippen LogP contribution >= 0.6 is 0 Å². The summed E-state index contributed by atoms with van der Waals surface area (Å²) in [6.45, 7) is 0.586. The number of allylic oxidation sites excluding steroid dienone is 1. The van der Waals surface area contributed by atoms with Gasteiger partial charge in [0.05, 0.1) is 34.1 Å². The van der Waals surface area contributed by atoms with Crippen molar-refractivity contribution in [3.05, 3.63) is 102 Å². The van der Waals surface area contributed by atoms with Crippen molar-refractivity contribution >= 4 is 57.8 Å². The number of hydrogen-bond donors (Lipinski definition) is 4. The standard InChI is InChI=1S/C32H27N7O4/c33-16-20(27-18-36-25-3-1-2-4-26(25)37-27)17-35-21-7-5-19(6-8-21)13-14-34-22-9-10-23-24(15-22)32(43)39(31(23)42)28-11-12-29(40)38-30(28)41/h1-10,15-18,28,33-35H,11-14H2,(H,38,40,41)/b20-17+,33-16?. The Kier molecular flexibility index (Phi) is 7.44. The number of fused-ring (bicyclic) bond motifs is 2. The lowest BCUT2D eigenvalue weighted by Crippen LogP contribution is -2.54. The van der Waals surface area contributed by atoms with Gasteiger partial charge in [0.25, 0.3) is 11.8 Å². The normalized spacial score (nSPS) is 16.7. The molecule has 1 aromatic heterocycles. The van der Waals surface area contributed by atoms with Crippen LogP contribution in [0, 0.1) is 5.41 Å². The van der Waals surface area contributed by atoms with Crippen molar-refractivity contribution in [1.82, 2.24) is 20.2 Å². The Morgan fingerprint density at radius 2 is 1.70 bits per heavy atom. The van der Waals surface area contributed by atoms with E-state index in [4.69, 9.17) is 5.41 Å². The summed E-state index contributed by atoms with van der Waals surface area (Å²) in [5.74, 6) is -2.09. The fourth-order valence-electron chi connectivity index (χ4n) is 5.15. The predicted octanol–water partition coefficient (Wildman–Crippen LogP) is 3.79. The van der Waals surface area contributed by atoms with Gasteiger partial charge in [0.1, 0.15) is 6.04 Å². The molecule has 1 saturated heterocycles. The summed E-state index contributed by atoms with van der Waals surface area (Å²) in [4.78, 5) is 59.7. The molecule has 11 heteroatoms. The van der Waals surface area contributed by atoms with Crippen molar-refractivity contribution in [1.29, 1.82) is 5.41 Å². The molecule has 2 aliphatic heterocycles. The average molecular weight is 574 g/mol. The summed E-state index contributed by atoms with van der Waals surface area (Å²) >= 11 is 0. The zero-order chi connectivity index (χ0) is 29.9. The number of hydrogen-bond acceptors (Lipinski definition) is 9. The molecule has 1 unspecified atom stereocenters. The van der Waals surface area contributed by atoms with E-state index in [0.717, 1.165) is 27.2 Å². The van der Waals surface area contributed by atoms with Crippen molar-refractivity contribution in [2.45, 2.75) is 25.3 Å². The predicted molar refractivity (Wildman–Crippen MR) is 162 cm³/mol. The Morgan fingerprint density at radius 1 is 0.953 bits per heavy atom. The third-order valence-corrected chi connectivity index (χ3v) is 7.43. The number of benzene rings is 3. The number of nitrogens with zero attached hydrogens (tertiary/aromatic N) is 3. The number of imide groups is 2. The van der Waals surface area contributed by atoms with Crippen molar-refractivity contribution in [3.8, 4) is 0 Å². The van der Waals surface area contributed by atoms with Gasteiger partial charge in [-0.25, -0.2) is 4.98 Å². The Bertz CT molecular complexity index is 1820. The smallest absolute Gasteiger partial charge is 0.262 e. The van der Waals surface area contributed by atoms with Crippen molar-refractivity contribution in [2.24, 2.45) is 0 Å². The molecule has 0 bridgehead atoms. The summed E-state index contributed by atoms with van der Waals surface area (Å²) in [7, 11) is 0. The second-order valence-electron chi connectivity index (χ2n) is 10.2. The lowest BCUT2D eigenvalue weighted by molar-refractivity contribution is -0.136. The maximum atomic E-state index is 13.0. The van der Waals surface area contributed by atoms with Crippen LogP contribution in [-0.2, 0) is 16.0 Å². The van der Waals surface area contributed by atoms with Crippen LogP contribution in [0.15, 0.2) is 79.1 Å². The molecule has 0 radical (unpaired) electrons. The third kappa shape index (κ3) is 5.60. The van der Waals surface area contributed by atoms with Gasteiger partial charge in [-0.3, -0.25) is 34.4 Å². The van der Waals surface area contributed by atoms with E-state index in [0.29, 0.717) is 29.9 Å². The van der Waals surface area contributed by atoms with Crippen molar-refractivity contribution in [3.63, 3.8) is 0 Å². The number of nitrogens with one attached hydrogen (secondary N) is 4. The topological polar surface area (TPSA) is 157 Å². The first-order chi connectivity index (χ1) is 20.9. The van der Waals surface area contributed by atoms with Gasteiger partial charge in [0, 0.05) is 42.3 Å². The molecule has 4 aromatic rings. The number of amides is 4. The zero-order valence-electron chi connectivity index (χ0n) is 23.0. The second kappa shape index (κ2) is 11.6. The van der Waals surface area contributed by atoms with Gasteiger partial charge in [-0.15, -0.1) is 0 Å². The number of carbonyl (C=O) groups is 4. The molecule has 43 heavy (non-hydrogen) atoms.